The third kappa shape index (κ3) is 1.21. The highest BCUT2D eigenvalue weighted by molar-refractivity contribution is 8.18. The molecule has 3 nitrogen and oxygen atoms in total. The highest BCUT2D eigenvalue weighted by Crippen LogP contribution is 2.25. The summed E-state index contributed by atoms with van der Waals surface area (Å²) in [5.74, 6) is -0.300. The van der Waals surface area contributed by atoms with Crippen molar-refractivity contribution in [1.82, 2.24) is 5.32 Å². The largest absolute Gasteiger partial charge is 0.290 e. The molecule has 2 amide bonds. The van der Waals surface area contributed by atoms with E-state index in [9.17, 15) is 9.59 Å². The molecule has 1 aliphatic carbocycles. The minimum Gasteiger partial charge on any atom is -0.282 e. The Morgan fingerprint density at radius 2 is 2.17 bits per heavy atom. The van der Waals surface area contributed by atoms with E-state index in [0.29, 0.717) is 4.91 Å². The van der Waals surface area contributed by atoms with Crippen molar-refractivity contribution in [3.63, 3.8) is 0 Å². The van der Waals surface area contributed by atoms with Crippen molar-refractivity contribution in [3.8, 4) is 0 Å². The first kappa shape index (κ1) is 7.36. The lowest BCUT2D eigenvalue weighted by molar-refractivity contribution is -0.115. The number of imide groups is 1. The van der Waals surface area contributed by atoms with E-state index in [2.05, 4.69) is 5.32 Å². The minimum atomic E-state index is -0.300. The van der Waals surface area contributed by atoms with Crippen molar-refractivity contribution < 1.29 is 9.59 Å². The van der Waals surface area contributed by atoms with Gasteiger partial charge in [-0.2, -0.15) is 0 Å². The van der Waals surface area contributed by atoms with E-state index in [-0.39, 0.29) is 11.1 Å². The highest BCUT2D eigenvalue weighted by Gasteiger charge is 2.25. The molecule has 0 aromatic carbocycles. The van der Waals surface area contributed by atoms with E-state index in [4.69, 9.17) is 0 Å². The predicted molar refractivity (Wildman–Crippen MR) is 46.4 cm³/mol. The quantitative estimate of drug-likeness (QED) is 0.618. The molecule has 0 spiro atoms. The third-order valence-corrected chi connectivity index (χ3v) is 2.33. The molecule has 0 radical (unpaired) electrons. The van der Waals surface area contributed by atoms with Crippen LogP contribution in [0.1, 0.15) is 0 Å². The fourth-order valence-electron chi connectivity index (χ4n) is 0.876. The molecule has 0 unspecified atom stereocenters. The number of carbonyl (C=O) groups is 2. The van der Waals surface area contributed by atoms with Gasteiger partial charge in [-0.15, -0.1) is 0 Å². The van der Waals surface area contributed by atoms with Crippen molar-refractivity contribution >= 4 is 22.9 Å². The molecule has 4 heteroatoms. The first-order chi connectivity index (χ1) is 5.75. The fourth-order valence-corrected chi connectivity index (χ4v) is 1.56. The normalized spacial score (nSPS) is 24.0. The van der Waals surface area contributed by atoms with Crippen molar-refractivity contribution in [2.45, 2.75) is 0 Å². The molecule has 12 heavy (non-hydrogen) atoms. The van der Waals surface area contributed by atoms with Gasteiger partial charge in [-0.05, 0) is 23.4 Å². The Bertz CT molecular complexity index is 352. The van der Waals surface area contributed by atoms with Crippen LogP contribution in [0.15, 0.2) is 34.8 Å². The molecule has 60 valence electrons. The van der Waals surface area contributed by atoms with Gasteiger partial charge in [0.05, 0.1) is 4.91 Å². The maximum Gasteiger partial charge on any atom is 0.290 e. The Morgan fingerprint density at radius 1 is 1.42 bits per heavy atom. The average molecular weight is 179 g/mol. The first-order valence-electron chi connectivity index (χ1n) is 3.39. The van der Waals surface area contributed by atoms with E-state index in [1.54, 1.807) is 6.08 Å². The molecular formula is C8H5NO2S. The van der Waals surface area contributed by atoms with Crippen LogP contribution < -0.4 is 5.32 Å². The van der Waals surface area contributed by atoms with Crippen LogP contribution in [-0.4, -0.2) is 11.1 Å². The van der Waals surface area contributed by atoms with Gasteiger partial charge in [0.25, 0.3) is 11.1 Å². The lowest BCUT2D eigenvalue weighted by Crippen LogP contribution is -2.17. The number of carbonyl (C=O) groups excluding carboxylic acids is 2. The van der Waals surface area contributed by atoms with Gasteiger partial charge >= 0.3 is 0 Å². The summed E-state index contributed by atoms with van der Waals surface area (Å²) >= 11 is 0.938. The summed E-state index contributed by atoms with van der Waals surface area (Å²) in [6.07, 6.45) is 7.34. The Hall–Kier alpha value is -1.29. The van der Waals surface area contributed by atoms with E-state index < -0.39 is 0 Å². The Balaban J connectivity index is 2.18. The van der Waals surface area contributed by atoms with Gasteiger partial charge in [0.15, 0.2) is 0 Å². The molecule has 0 saturated carbocycles. The number of hydrogen-bond donors (Lipinski definition) is 1. The number of rotatable bonds is 1. The molecule has 1 heterocycles. The third-order valence-electron chi connectivity index (χ3n) is 1.52. The van der Waals surface area contributed by atoms with E-state index in [0.717, 1.165) is 17.3 Å². The number of hydrogen-bond acceptors (Lipinski definition) is 3. The van der Waals surface area contributed by atoms with Gasteiger partial charge < -0.3 is 0 Å². The van der Waals surface area contributed by atoms with E-state index in [1.807, 2.05) is 18.2 Å². The summed E-state index contributed by atoms with van der Waals surface area (Å²) in [6.45, 7) is 0. The molecule has 1 fully saturated rings. The zero-order valence-electron chi connectivity index (χ0n) is 6.03. The van der Waals surface area contributed by atoms with Crippen LogP contribution in [0.25, 0.3) is 0 Å². The van der Waals surface area contributed by atoms with Gasteiger partial charge in [0.1, 0.15) is 0 Å². The van der Waals surface area contributed by atoms with Crippen LogP contribution in [0.3, 0.4) is 0 Å². The second-order valence-electron chi connectivity index (χ2n) is 2.38. The fraction of sp³-hybridized carbons (Fsp3) is 0. The maximum absolute atomic E-state index is 11.0. The zero-order chi connectivity index (χ0) is 8.55. The molecule has 0 bridgehead atoms. The number of thioether (sulfide) groups is 1. The van der Waals surface area contributed by atoms with Gasteiger partial charge in [0.2, 0.25) is 0 Å². The summed E-state index contributed by atoms with van der Waals surface area (Å²) in [6, 6.07) is 0. The molecule has 0 aromatic rings. The lowest BCUT2D eigenvalue weighted by atomic mass is 10.1. The molecule has 0 aromatic heterocycles. The number of amides is 2. The molecule has 2 rings (SSSR count). The molecule has 1 saturated heterocycles. The standard InChI is InChI=1S/C8H5NO2S/c10-7-6(12-8(11)9-7)4-5-2-1-3-5/h1-4H,(H,9,10,11). The van der Waals surface area contributed by atoms with Crippen LogP contribution >= 0.6 is 11.8 Å². The van der Waals surface area contributed by atoms with Crippen LogP contribution in [-0.2, 0) is 4.79 Å². The van der Waals surface area contributed by atoms with Crippen molar-refractivity contribution in [1.29, 1.82) is 0 Å². The summed E-state index contributed by atoms with van der Waals surface area (Å²) in [7, 11) is 0. The first-order valence-corrected chi connectivity index (χ1v) is 4.20. The Morgan fingerprint density at radius 3 is 2.58 bits per heavy atom. The van der Waals surface area contributed by atoms with E-state index in [1.165, 1.54) is 0 Å². The van der Waals surface area contributed by atoms with Crippen LogP contribution in [0, 0.1) is 0 Å². The SMILES string of the molecule is O=C1NC(=O)C(=CC2=CC=C2)S1. The van der Waals surface area contributed by atoms with Gasteiger partial charge in [-0.1, -0.05) is 18.2 Å². The van der Waals surface area contributed by atoms with Crippen LogP contribution in [0.2, 0.25) is 0 Å². The topological polar surface area (TPSA) is 46.2 Å². The smallest absolute Gasteiger partial charge is 0.282 e. The van der Waals surface area contributed by atoms with E-state index >= 15 is 0 Å². The number of nitrogens with one attached hydrogen (secondary N) is 1. The van der Waals surface area contributed by atoms with Crippen LogP contribution in [0.4, 0.5) is 4.79 Å². The predicted octanol–water partition coefficient (Wildman–Crippen LogP) is 1.35. The Kier molecular flexibility index (Phi) is 1.62. The van der Waals surface area contributed by atoms with Gasteiger partial charge in [-0.3, -0.25) is 14.9 Å². The van der Waals surface area contributed by atoms with Crippen molar-refractivity contribution in [3.05, 3.63) is 34.8 Å². The van der Waals surface area contributed by atoms with Crippen LogP contribution in [0.5, 0.6) is 0 Å². The average Bonchev–Trinajstić information content (AvgIpc) is 2.21. The maximum atomic E-state index is 11.0. The van der Waals surface area contributed by atoms with Crippen molar-refractivity contribution in [2.75, 3.05) is 0 Å². The summed E-state index contributed by atoms with van der Waals surface area (Å²) in [5.41, 5.74) is 0.974. The summed E-state index contributed by atoms with van der Waals surface area (Å²) < 4.78 is 0. The summed E-state index contributed by atoms with van der Waals surface area (Å²) in [5, 5.41) is 1.89. The van der Waals surface area contributed by atoms with Crippen molar-refractivity contribution in [2.24, 2.45) is 0 Å². The second-order valence-corrected chi connectivity index (χ2v) is 3.39. The molecule has 0 atom stereocenters. The number of allylic oxidation sites excluding steroid dienone is 5. The minimum absolute atomic E-state index is 0.296. The lowest BCUT2D eigenvalue weighted by Gasteiger charge is -1.99. The highest BCUT2D eigenvalue weighted by atomic mass is 32.2. The zero-order valence-corrected chi connectivity index (χ0v) is 6.85. The molecule has 1 N–H and O–H groups in total. The van der Waals surface area contributed by atoms with Gasteiger partial charge in [0, 0.05) is 0 Å². The molecular weight excluding hydrogens is 174 g/mol. The van der Waals surface area contributed by atoms with Gasteiger partial charge in [-0.25, -0.2) is 0 Å². The monoisotopic (exact) mass is 179 g/mol. The molecule has 1 aliphatic heterocycles. The molecule has 2 aliphatic rings. The summed E-state index contributed by atoms with van der Waals surface area (Å²) in [4.78, 5) is 22.2. The second kappa shape index (κ2) is 2.64. The Labute approximate surface area is 73.2 Å².